The van der Waals surface area contributed by atoms with Crippen molar-refractivity contribution in [3.8, 4) is 0 Å². The normalized spacial score (nSPS) is 26.0. The number of carbonyl (C=O) groups excluding carboxylic acids is 1. The average molecular weight is 373 g/mol. The van der Waals surface area contributed by atoms with Crippen LogP contribution in [0.3, 0.4) is 0 Å². The Morgan fingerprint density at radius 1 is 1.28 bits per heavy atom. The molecule has 2 unspecified atom stereocenters. The summed E-state index contributed by atoms with van der Waals surface area (Å²) in [4.78, 5) is 15.0. The Bertz CT molecular complexity index is 578. The number of morpholine rings is 1. The van der Waals surface area contributed by atoms with Gasteiger partial charge in [0.05, 0.1) is 18.1 Å². The number of amides is 1. The van der Waals surface area contributed by atoms with E-state index in [1.54, 1.807) is 12.1 Å². The third-order valence-corrected chi connectivity index (χ3v) is 5.08. The summed E-state index contributed by atoms with van der Waals surface area (Å²) >= 11 is 0. The summed E-state index contributed by atoms with van der Waals surface area (Å²) in [5.74, 6) is -0.185. The van der Waals surface area contributed by atoms with Crippen LogP contribution < -0.4 is 5.73 Å². The summed E-state index contributed by atoms with van der Waals surface area (Å²) in [6.45, 7) is 4.46. The summed E-state index contributed by atoms with van der Waals surface area (Å²) in [6, 6.07) is 6.27. The molecule has 0 aromatic heterocycles. The van der Waals surface area contributed by atoms with E-state index in [-0.39, 0.29) is 36.3 Å². The van der Waals surface area contributed by atoms with Crippen LogP contribution in [-0.4, -0.2) is 49.8 Å². The second kappa shape index (κ2) is 8.45. The van der Waals surface area contributed by atoms with Gasteiger partial charge in [0.2, 0.25) is 5.91 Å². The van der Waals surface area contributed by atoms with Gasteiger partial charge in [-0.05, 0) is 37.5 Å². The molecule has 2 saturated heterocycles. The fraction of sp³-hybridized carbons (Fsp3) is 0.611. The minimum atomic E-state index is -0.525. The van der Waals surface area contributed by atoms with Crippen LogP contribution in [0.15, 0.2) is 24.3 Å². The number of rotatable bonds is 3. The molecule has 0 aliphatic carbocycles. The van der Waals surface area contributed by atoms with E-state index in [0.29, 0.717) is 45.7 Å². The lowest BCUT2D eigenvalue weighted by Gasteiger charge is -2.43. The summed E-state index contributed by atoms with van der Waals surface area (Å²) in [5.41, 5.74) is 6.33. The van der Waals surface area contributed by atoms with Gasteiger partial charge in [0.25, 0.3) is 0 Å². The maximum atomic E-state index is 13.2. The van der Waals surface area contributed by atoms with Crippen molar-refractivity contribution in [3.63, 3.8) is 0 Å². The van der Waals surface area contributed by atoms with Crippen molar-refractivity contribution >= 4 is 18.3 Å². The maximum absolute atomic E-state index is 13.2. The molecular formula is C18H26ClFN2O3. The average Bonchev–Trinajstić information content (AvgIpc) is 2.61. The van der Waals surface area contributed by atoms with Crippen molar-refractivity contribution in [2.24, 2.45) is 11.1 Å². The highest BCUT2D eigenvalue weighted by molar-refractivity contribution is 5.85. The van der Waals surface area contributed by atoms with Gasteiger partial charge in [0.1, 0.15) is 11.9 Å². The van der Waals surface area contributed by atoms with Crippen LogP contribution in [0.25, 0.3) is 0 Å². The third-order valence-electron chi connectivity index (χ3n) is 5.08. The Hall–Kier alpha value is -1.21. The molecule has 0 spiro atoms. The van der Waals surface area contributed by atoms with Crippen molar-refractivity contribution in [1.29, 1.82) is 0 Å². The molecule has 2 heterocycles. The van der Waals surface area contributed by atoms with Crippen LogP contribution in [-0.2, 0) is 14.3 Å². The first-order valence-electron chi connectivity index (χ1n) is 8.52. The number of ether oxygens (including phenoxy) is 2. The van der Waals surface area contributed by atoms with Crippen LogP contribution in [0.5, 0.6) is 0 Å². The standard InChI is InChI=1S/C18H25FN2O3.ClH/c1-13-10-21(17(22)18(12-20)6-8-23-9-7-18)11-16(24-13)14-2-4-15(19)5-3-14;/h2-5,13,16H,6-12,20H2,1H3;1H. The van der Waals surface area contributed by atoms with E-state index in [1.807, 2.05) is 11.8 Å². The van der Waals surface area contributed by atoms with Crippen LogP contribution in [0, 0.1) is 11.2 Å². The molecular weight excluding hydrogens is 347 g/mol. The van der Waals surface area contributed by atoms with E-state index in [1.165, 1.54) is 12.1 Å². The van der Waals surface area contributed by atoms with E-state index in [0.717, 1.165) is 5.56 Å². The second-order valence-corrected chi connectivity index (χ2v) is 6.79. The SMILES string of the molecule is CC1CN(C(=O)C2(CN)CCOCC2)CC(c2ccc(F)cc2)O1.Cl. The zero-order valence-electron chi connectivity index (χ0n) is 14.4. The van der Waals surface area contributed by atoms with Gasteiger partial charge in [-0.25, -0.2) is 4.39 Å². The second-order valence-electron chi connectivity index (χ2n) is 6.79. The Morgan fingerprint density at radius 2 is 1.92 bits per heavy atom. The van der Waals surface area contributed by atoms with Gasteiger partial charge in [0, 0.05) is 26.3 Å². The predicted molar refractivity (Wildman–Crippen MR) is 95.1 cm³/mol. The first-order chi connectivity index (χ1) is 11.5. The van der Waals surface area contributed by atoms with Crippen molar-refractivity contribution < 1.29 is 18.7 Å². The fourth-order valence-corrected chi connectivity index (χ4v) is 3.58. The molecule has 1 aromatic carbocycles. The number of halogens is 2. The third kappa shape index (κ3) is 4.31. The van der Waals surface area contributed by atoms with Gasteiger partial charge in [-0.2, -0.15) is 0 Å². The van der Waals surface area contributed by atoms with E-state index in [4.69, 9.17) is 15.2 Å². The monoisotopic (exact) mass is 372 g/mol. The van der Waals surface area contributed by atoms with Gasteiger partial charge >= 0.3 is 0 Å². The Labute approximate surface area is 154 Å². The molecule has 5 nitrogen and oxygen atoms in total. The molecule has 0 bridgehead atoms. The number of hydrogen-bond acceptors (Lipinski definition) is 4. The molecule has 140 valence electrons. The predicted octanol–water partition coefficient (Wildman–Crippen LogP) is 2.29. The molecule has 2 atom stereocenters. The molecule has 7 heteroatoms. The molecule has 0 saturated carbocycles. The van der Waals surface area contributed by atoms with Gasteiger partial charge < -0.3 is 20.1 Å². The minimum Gasteiger partial charge on any atom is -0.381 e. The van der Waals surface area contributed by atoms with Crippen molar-refractivity contribution in [2.45, 2.75) is 32.0 Å². The van der Waals surface area contributed by atoms with Crippen molar-refractivity contribution in [1.82, 2.24) is 4.90 Å². The highest BCUT2D eigenvalue weighted by Crippen LogP contribution is 2.34. The van der Waals surface area contributed by atoms with Crippen LogP contribution in [0.4, 0.5) is 4.39 Å². The van der Waals surface area contributed by atoms with Crippen LogP contribution in [0.1, 0.15) is 31.4 Å². The lowest BCUT2D eigenvalue weighted by molar-refractivity contribution is -0.159. The molecule has 2 aliphatic rings. The number of nitrogens with two attached hydrogens (primary N) is 1. The maximum Gasteiger partial charge on any atom is 0.230 e. The highest BCUT2D eigenvalue weighted by atomic mass is 35.5. The van der Waals surface area contributed by atoms with E-state index >= 15 is 0 Å². The minimum absolute atomic E-state index is 0. The van der Waals surface area contributed by atoms with Gasteiger partial charge in [-0.1, -0.05) is 12.1 Å². The molecule has 1 amide bonds. The van der Waals surface area contributed by atoms with Gasteiger partial charge in [-0.3, -0.25) is 4.79 Å². The Morgan fingerprint density at radius 3 is 2.52 bits per heavy atom. The van der Waals surface area contributed by atoms with Crippen molar-refractivity contribution in [2.75, 3.05) is 32.8 Å². The molecule has 25 heavy (non-hydrogen) atoms. The number of nitrogens with zero attached hydrogens (tertiary/aromatic N) is 1. The van der Waals surface area contributed by atoms with Gasteiger partial charge in [0.15, 0.2) is 0 Å². The Kier molecular flexibility index (Phi) is 6.79. The fourth-order valence-electron chi connectivity index (χ4n) is 3.58. The van der Waals surface area contributed by atoms with E-state index < -0.39 is 5.41 Å². The zero-order valence-corrected chi connectivity index (χ0v) is 15.3. The van der Waals surface area contributed by atoms with E-state index in [9.17, 15) is 9.18 Å². The first-order valence-corrected chi connectivity index (χ1v) is 8.52. The molecule has 2 aliphatic heterocycles. The quantitative estimate of drug-likeness (QED) is 0.884. The smallest absolute Gasteiger partial charge is 0.230 e. The zero-order chi connectivity index (χ0) is 17.2. The topological polar surface area (TPSA) is 64.8 Å². The van der Waals surface area contributed by atoms with Gasteiger partial charge in [-0.15, -0.1) is 12.4 Å². The Balaban J connectivity index is 0.00000225. The van der Waals surface area contributed by atoms with E-state index in [2.05, 4.69) is 0 Å². The van der Waals surface area contributed by atoms with Crippen LogP contribution in [0.2, 0.25) is 0 Å². The summed E-state index contributed by atoms with van der Waals surface area (Å²) in [5, 5.41) is 0. The molecule has 2 fully saturated rings. The highest BCUT2D eigenvalue weighted by Gasteiger charge is 2.43. The lowest BCUT2D eigenvalue weighted by Crippen LogP contribution is -2.55. The van der Waals surface area contributed by atoms with Crippen molar-refractivity contribution in [3.05, 3.63) is 35.6 Å². The largest absolute Gasteiger partial charge is 0.381 e. The molecule has 3 rings (SSSR count). The molecule has 1 aromatic rings. The molecule has 0 radical (unpaired) electrons. The molecule has 2 N–H and O–H groups in total. The summed E-state index contributed by atoms with van der Waals surface area (Å²) in [7, 11) is 0. The summed E-state index contributed by atoms with van der Waals surface area (Å²) in [6.07, 6.45) is 1.00. The number of benzene rings is 1. The number of carbonyl (C=O) groups is 1. The first kappa shape index (κ1) is 20.1. The summed E-state index contributed by atoms with van der Waals surface area (Å²) < 4.78 is 24.5. The lowest BCUT2D eigenvalue weighted by atomic mass is 9.78. The van der Waals surface area contributed by atoms with Crippen LogP contribution >= 0.6 is 12.4 Å². The number of hydrogen-bond donors (Lipinski definition) is 1.